The van der Waals surface area contributed by atoms with Crippen molar-refractivity contribution in [2.75, 3.05) is 17.7 Å². The minimum absolute atomic E-state index is 0.157. The van der Waals surface area contributed by atoms with E-state index in [9.17, 15) is 9.59 Å². The van der Waals surface area contributed by atoms with Gasteiger partial charge in [0.25, 0.3) is 0 Å². The number of nitrogens with zero attached hydrogens (tertiary/aromatic N) is 5. The molecule has 0 aliphatic heterocycles. The van der Waals surface area contributed by atoms with Crippen LogP contribution in [0.25, 0.3) is 22.5 Å². The van der Waals surface area contributed by atoms with Crippen LogP contribution in [0.15, 0.2) is 83.9 Å². The quantitative estimate of drug-likeness (QED) is 0.308. The van der Waals surface area contributed by atoms with Crippen molar-refractivity contribution >= 4 is 28.8 Å². The predicted octanol–water partition coefficient (Wildman–Crippen LogP) is 5.63. The van der Waals surface area contributed by atoms with Crippen LogP contribution in [0.4, 0.5) is 16.3 Å². The van der Waals surface area contributed by atoms with Gasteiger partial charge in [-0.25, -0.2) is 24.1 Å². The van der Waals surface area contributed by atoms with Crippen molar-refractivity contribution in [1.82, 2.24) is 19.1 Å². The van der Waals surface area contributed by atoms with E-state index in [-0.39, 0.29) is 5.82 Å². The number of rotatable bonds is 5. The Hall–Kier alpha value is -5.12. The summed E-state index contributed by atoms with van der Waals surface area (Å²) >= 11 is 0. The lowest BCUT2D eigenvalue weighted by Gasteiger charge is -2.25. The van der Waals surface area contributed by atoms with Crippen LogP contribution in [0.5, 0.6) is 11.5 Å². The van der Waals surface area contributed by atoms with E-state index in [1.54, 1.807) is 58.2 Å². The summed E-state index contributed by atoms with van der Waals surface area (Å²) in [5.74, 6) is 1.47. The normalized spacial score (nSPS) is 11.4. The van der Waals surface area contributed by atoms with Gasteiger partial charge in [-0.2, -0.15) is 0 Å². The fourth-order valence-electron chi connectivity index (χ4n) is 4.31. The van der Waals surface area contributed by atoms with E-state index < -0.39 is 17.4 Å². The largest absolute Gasteiger partial charge is 0.457 e. The lowest BCUT2D eigenvalue weighted by atomic mass is 10.1. The summed E-state index contributed by atoms with van der Waals surface area (Å²) in [5, 5.41) is 0. The lowest BCUT2D eigenvalue weighted by Crippen LogP contribution is -2.34. The Balaban J connectivity index is 1.60. The Bertz CT molecular complexity index is 1750. The molecule has 0 unspecified atom stereocenters. The third-order valence-electron chi connectivity index (χ3n) is 6.08. The maximum absolute atomic E-state index is 14.0. The van der Waals surface area contributed by atoms with E-state index in [1.807, 2.05) is 49.4 Å². The molecule has 204 valence electrons. The third-order valence-corrected chi connectivity index (χ3v) is 6.08. The van der Waals surface area contributed by atoms with Crippen molar-refractivity contribution in [2.24, 2.45) is 0 Å². The summed E-state index contributed by atoms with van der Waals surface area (Å²) in [6, 6.07) is 21.9. The Morgan fingerprint density at radius 2 is 1.57 bits per heavy atom. The van der Waals surface area contributed by atoms with Crippen molar-refractivity contribution < 1.29 is 14.3 Å². The summed E-state index contributed by atoms with van der Waals surface area (Å²) in [4.78, 5) is 36.7. The highest BCUT2D eigenvalue weighted by Crippen LogP contribution is 2.28. The number of amides is 1. The van der Waals surface area contributed by atoms with Crippen molar-refractivity contribution in [1.29, 1.82) is 0 Å². The van der Waals surface area contributed by atoms with Crippen molar-refractivity contribution in [3.8, 4) is 22.9 Å². The van der Waals surface area contributed by atoms with Crippen LogP contribution >= 0.6 is 0 Å². The summed E-state index contributed by atoms with van der Waals surface area (Å²) < 4.78 is 14.4. The summed E-state index contributed by atoms with van der Waals surface area (Å²) in [6.07, 6.45) is 0.807. The molecule has 2 N–H and O–H groups in total. The van der Waals surface area contributed by atoms with Crippen LogP contribution in [0, 0.1) is 6.92 Å². The van der Waals surface area contributed by atoms with Crippen LogP contribution in [-0.4, -0.2) is 37.8 Å². The molecule has 5 rings (SSSR count). The number of nitrogens with two attached hydrogens (primary N) is 1. The van der Waals surface area contributed by atoms with Crippen LogP contribution in [-0.2, 0) is 4.74 Å². The molecule has 2 heterocycles. The first-order valence-electron chi connectivity index (χ1n) is 12.7. The summed E-state index contributed by atoms with van der Waals surface area (Å²) in [6.45, 7) is 7.30. The number of anilines is 2. The van der Waals surface area contributed by atoms with Crippen LogP contribution in [0.1, 0.15) is 26.3 Å². The number of hydrogen-bond acceptors (Lipinski definition) is 7. The first-order chi connectivity index (χ1) is 19.0. The number of nitrogen functional groups attached to an aromatic ring is 1. The van der Waals surface area contributed by atoms with E-state index in [0.717, 1.165) is 5.56 Å². The average Bonchev–Trinajstić information content (AvgIpc) is 3.21. The van der Waals surface area contributed by atoms with Gasteiger partial charge in [-0.15, -0.1) is 0 Å². The first-order valence-corrected chi connectivity index (χ1v) is 12.7. The highest BCUT2D eigenvalue weighted by molar-refractivity contribution is 5.89. The molecule has 5 aromatic rings. The molecule has 40 heavy (non-hydrogen) atoms. The number of imidazole rings is 1. The molecule has 10 heteroatoms. The second-order valence-corrected chi connectivity index (χ2v) is 10.4. The van der Waals surface area contributed by atoms with Crippen molar-refractivity contribution in [3.63, 3.8) is 0 Å². The number of carbonyl (C=O) groups is 1. The van der Waals surface area contributed by atoms with Crippen molar-refractivity contribution in [3.05, 3.63) is 95.2 Å². The van der Waals surface area contributed by atoms with E-state index >= 15 is 0 Å². The van der Waals surface area contributed by atoms with Gasteiger partial charge in [-0.1, -0.05) is 18.2 Å². The Morgan fingerprint density at radius 3 is 2.25 bits per heavy atom. The molecule has 0 radical (unpaired) electrons. The van der Waals surface area contributed by atoms with E-state index in [4.69, 9.17) is 15.2 Å². The Labute approximate surface area is 231 Å². The fraction of sp³-hybridized carbons (Fsp3) is 0.200. The number of carbonyl (C=O) groups excluding carboxylic acids is 1. The van der Waals surface area contributed by atoms with Crippen molar-refractivity contribution in [2.45, 2.75) is 33.3 Å². The number of para-hydroxylation sites is 1. The maximum Gasteiger partial charge on any atom is 0.414 e. The number of fused-ring (bicyclic) bond motifs is 1. The minimum Gasteiger partial charge on any atom is -0.457 e. The number of ether oxygens (including phenoxy) is 2. The fourth-order valence-corrected chi connectivity index (χ4v) is 4.31. The van der Waals surface area contributed by atoms with Gasteiger partial charge in [0.1, 0.15) is 28.9 Å². The zero-order chi connectivity index (χ0) is 28.6. The summed E-state index contributed by atoms with van der Waals surface area (Å²) in [5.41, 5.74) is 8.40. The monoisotopic (exact) mass is 538 g/mol. The molecular formula is C30H30N6O4. The lowest BCUT2D eigenvalue weighted by molar-refractivity contribution is 0.0589. The van der Waals surface area contributed by atoms with E-state index in [1.165, 1.54) is 20.4 Å². The average molecular weight is 539 g/mol. The number of benzene rings is 3. The molecule has 0 saturated carbocycles. The van der Waals surface area contributed by atoms with Crippen LogP contribution < -0.4 is 21.1 Å². The van der Waals surface area contributed by atoms with Gasteiger partial charge in [-0.3, -0.25) is 9.47 Å². The molecule has 0 fully saturated rings. The molecule has 0 aliphatic carbocycles. The van der Waals surface area contributed by atoms with Gasteiger partial charge in [-0.05, 0) is 87.9 Å². The topological polar surface area (TPSA) is 118 Å². The van der Waals surface area contributed by atoms with Gasteiger partial charge in [0.2, 0.25) is 0 Å². The van der Waals surface area contributed by atoms with E-state index in [2.05, 4.69) is 9.97 Å². The predicted molar refractivity (Wildman–Crippen MR) is 155 cm³/mol. The number of aromatic nitrogens is 4. The third kappa shape index (κ3) is 5.24. The molecule has 0 aliphatic rings. The summed E-state index contributed by atoms with van der Waals surface area (Å²) in [7, 11) is 1.62. The minimum atomic E-state index is -0.654. The second kappa shape index (κ2) is 10.2. The van der Waals surface area contributed by atoms with E-state index in [0.29, 0.717) is 39.7 Å². The standard InChI is InChI=1S/C30H30N6O4/c1-19-15-21(34(5)29(38)40-30(2,3)4)17-22(16-19)36-27-25(26(31)32-18-33-27)35(28(36)37)20-11-13-24(14-12-20)39-23-9-7-6-8-10-23/h6-18H,1-5H3,(H2,31,32,33). The number of aryl methyl sites for hydroxylation is 1. The van der Waals surface area contributed by atoms with Gasteiger partial charge in [0.15, 0.2) is 11.5 Å². The molecule has 0 bridgehead atoms. The van der Waals surface area contributed by atoms with Gasteiger partial charge in [0.05, 0.1) is 11.4 Å². The van der Waals surface area contributed by atoms with Gasteiger partial charge < -0.3 is 15.2 Å². The highest BCUT2D eigenvalue weighted by Gasteiger charge is 2.23. The molecule has 0 spiro atoms. The number of hydrogen-bond donors (Lipinski definition) is 1. The smallest absolute Gasteiger partial charge is 0.414 e. The molecule has 0 saturated heterocycles. The SMILES string of the molecule is Cc1cc(N(C)C(=O)OC(C)(C)C)cc(-n2c(=O)n(-c3ccc(Oc4ccccc4)cc3)c3c(N)ncnc32)c1. The Kier molecular flexibility index (Phi) is 6.76. The molecule has 2 aromatic heterocycles. The zero-order valence-corrected chi connectivity index (χ0v) is 23.0. The molecule has 1 amide bonds. The maximum atomic E-state index is 14.0. The van der Waals surface area contributed by atoms with Crippen LogP contribution in [0.2, 0.25) is 0 Å². The molecule has 10 nitrogen and oxygen atoms in total. The second-order valence-electron chi connectivity index (χ2n) is 10.4. The molecule has 0 atom stereocenters. The van der Waals surface area contributed by atoms with Gasteiger partial charge in [0, 0.05) is 12.7 Å². The molecular weight excluding hydrogens is 508 g/mol. The highest BCUT2D eigenvalue weighted by atomic mass is 16.6. The zero-order valence-electron chi connectivity index (χ0n) is 23.0. The molecule has 3 aromatic carbocycles. The van der Waals surface area contributed by atoms with Gasteiger partial charge >= 0.3 is 11.8 Å². The van der Waals surface area contributed by atoms with Crippen LogP contribution in [0.3, 0.4) is 0 Å². The first kappa shape index (κ1) is 26.5. The Morgan fingerprint density at radius 1 is 0.900 bits per heavy atom.